The number of amides is 1. The van der Waals surface area contributed by atoms with Crippen molar-refractivity contribution in [1.29, 1.82) is 0 Å². The summed E-state index contributed by atoms with van der Waals surface area (Å²) in [6.07, 6.45) is 4.86. The third-order valence-electron chi connectivity index (χ3n) is 5.95. The first-order valence-corrected chi connectivity index (χ1v) is 13.3. The molecule has 1 amide bonds. The van der Waals surface area contributed by atoms with Gasteiger partial charge in [-0.1, -0.05) is 19.8 Å². The van der Waals surface area contributed by atoms with Crippen molar-refractivity contribution in [2.75, 3.05) is 51.3 Å². The lowest BCUT2D eigenvalue weighted by Crippen LogP contribution is -2.44. The number of nitrogens with zero attached hydrogens (tertiary/aromatic N) is 2. The van der Waals surface area contributed by atoms with Gasteiger partial charge >= 0.3 is 0 Å². The van der Waals surface area contributed by atoms with E-state index in [0.29, 0.717) is 31.4 Å². The van der Waals surface area contributed by atoms with E-state index in [1.807, 2.05) is 0 Å². The summed E-state index contributed by atoms with van der Waals surface area (Å²) in [4.78, 5) is 14.6. The molecule has 8 nitrogen and oxygen atoms in total. The molecule has 178 valence electrons. The molecule has 2 aliphatic rings. The number of hydrogen-bond donors (Lipinski definition) is 2. The molecule has 0 aliphatic carbocycles. The Morgan fingerprint density at radius 1 is 1.09 bits per heavy atom. The van der Waals surface area contributed by atoms with Gasteiger partial charge < -0.3 is 20.3 Å². The topological polar surface area (TPSA) is 91.0 Å². The second-order valence-electron chi connectivity index (χ2n) is 8.23. The van der Waals surface area contributed by atoms with Gasteiger partial charge in [-0.25, -0.2) is 8.42 Å². The summed E-state index contributed by atoms with van der Waals surface area (Å²) in [6.45, 7) is 5.94. The Morgan fingerprint density at radius 2 is 1.75 bits per heavy atom. The van der Waals surface area contributed by atoms with Crippen molar-refractivity contribution in [2.45, 2.75) is 43.9 Å². The van der Waals surface area contributed by atoms with E-state index in [0.717, 1.165) is 57.4 Å². The zero-order valence-corrected chi connectivity index (χ0v) is 20.3. The number of ether oxygens (including phenoxy) is 1. The predicted molar refractivity (Wildman–Crippen MR) is 129 cm³/mol. The fraction of sp³-hybridized carbons (Fsp3) is 0.636. The second kappa shape index (κ2) is 11.9. The van der Waals surface area contributed by atoms with E-state index in [1.54, 1.807) is 24.3 Å². The minimum atomic E-state index is -3.51. The zero-order chi connectivity index (χ0) is 23.0. The van der Waals surface area contributed by atoms with Crippen LogP contribution in [0, 0.1) is 5.92 Å². The number of nitrogens with one attached hydrogen (secondary N) is 2. The van der Waals surface area contributed by atoms with E-state index in [4.69, 9.17) is 17.0 Å². The molecule has 0 saturated carbocycles. The number of unbranched alkanes of at least 4 members (excludes halogenated alkanes) is 2. The number of likely N-dealkylation sites (tertiary alicyclic amines) is 1. The van der Waals surface area contributed by atoms with Gasteiger partial charge in [0.25, 0.3) is 0 Å². The molecule has 0 unspecified atom stereocenters. The highest BCUT2D eigenvalue weighted by atomic mass is 32.2. The van der Waals surface area contributed by atoms with E-state index in [-0.39, 0.29) is 16.7 Å². The van der Waals surface area contributed by atoms with E-state index >= 15 is 0 Å². The van der Waals surface area contributed by atoms with Crippen molar-refractivity contribution in [3.05, 3.63) is 24.3 Å². The molecule has 10 heteroatoms. The smallest absolute Gasteiger partial charge is 0.243 e. The minimum absolute atomic E-state index is 0.0420. The lowest BCUT2D eigenvalue weighted by molar-refractivity contribution is -0.126. The van der Waals surface area contributed by atoms with Crippen molar-refractivity contribution in [1.82, 2.24) is 14.5 Å². The molecule has 3 rings (SSSR count). The second-order valence-corrected chi connectivity index (χ2v) is 10.6. The first-order valence-electron chi connectivity index (χ1n) is 11.4. The van der Waals surface area contributed by atoms with Gasteiger partial charge in [0, 0.05) is 44.3 Å². The average Bonchev–Trinajstić information content (AvgIpc) is 2.82. The van der Waals surface area contributed by atoms with Gasteiger partial charge in [-0.05, 0) is 55.7 Å². The highest BCUT2D eigenvalue weighted by Crippen LogP contribution is 2.21. The largest absolute Gasteiger partial charge is 0.379 e. The van der Waals surface area contributed by atoms with Gasteiger partial charge in [-0.3, -0.25) is 4.79 Å². The van der Waals surface area contributed by atoms with E-state index in [1.165, 1.54) is 4.31 Å². The van der Waals surface area contributed by atoms with Crippen molar-refractivity contribution in [2.24, 2.45) is 5.92 Å². The number of piperidine rings is 1. The molecule has 1 aromatic rings. The van der Waals surface area contributed by atoms with Crippen molar-refractivity contribution >= 4 is 38.9 Å². The molecular weight excluding hydrogens is 448 g/mol. The van der Waals surface area contributed by atoms with Gasteiger partial charge in [0.05, 0.1) is 18.1 Å². The molecule has 0 spiro atoms. The summed E-state index contributed by atoms with van der Waals surface area (Å²) in [7, 11) is -3.51. The van der Waals surface area contributed by atoms with Crippen LogP contribution in [0.4, 0.5) is 5.69 Å². The summed E-state index contributed by atoms with van der Waals surface area (Å²) in [5.41, 5.74) is 0.742. The van der Waals surface area contributed by atoms with Crippen LogP contribution < -0.4 is 10.6 Å². The lowest BCUT2D eigenvalue weighted by Gasteiger charge is -2.33. The third-order valence-corrected chi connectivity index (χ3v) is 8.22. The number of hydrogen-bond acceptors (Lipinski definition) is 5. The molecule has 1 aromatic carbocycles. The number of benzene rings is 1. The minimum Gasteiger partial charge on any atom is -0.379 e. The monoisotopic (exact) mass is 482 g/mol. The van der Waals surface area contributed by atoms with Crippen LogP contribution in [0.1, 0.15) is 39.0 Å². The molecule has 0 aromatic heterocycles. The normalized spacial score (nSPS) is 18.3. The molecule has 0 atom stereocenters. The van der Waals surface area contributed by atoms with E-state index in [9.17, 15) is 13.2 Å². The van der Waals surface area contributed by atoms with Gasteiger partial charge in [0.15, 0.2) is 5.11 Å². The molecule has 0 bridgehead atoms. The molecular formula is C22H34N4O4S2. The molecule has 32 heavy (non-hydrogen) atoms. The summed E-state index contributed by atoms with van der Waals surface area (Å²) < 4.78 is 32.2. The van der Waals surface area contributed by atoms with Crippen LogP contribution in [-0.2, 0) is 19.6 Å². The summed E-state index contributed by atoms with van der Waals surface area (Å²) >= 11 is 5.54. The Hall–Kier alpha value is -1.75. The Morgan fingerprint density at radius 3 is 2.38 bits per heavy atom. The fourth-order valence-electron chi connectivity index (χ4n) is 3.92. The van der Waals surface area contributed by atoms with Crippen LogP contribution in [0.25, 0.3) is 0 Å². The molecule has 2 aliphatic heterocycles. The Bertz CT molecular complexity index is 862. The quantitative estimate of drug-likeness (QED) is 0.434. The molecule has 2 fully saturated rings. The van der Waals surface area contributed by atoms with Crippen LogP contribution in [0.3, 0.4) is 0 Å². The number of morpholine rings is 1. The van der Waals surface area contributed by atoms with Crippen molar-refractivity contribution in [3.63, 3.8) is 0 Å². The highest BCUT2D eigenvalue weighted by molar-refractivity contribution is 7.89. The predicted octanol–water partition coefficient (Wildman–Crippen LogP) is 2.42. The number of rotatable bonds is 8. The number of carbonyl (C=O) groups is 1. The maximum Gasteiger partial charge on any atom is 0.243 e. The third kappa shape index (κ3) is 6.63. The van der Waals surface area contributed by atoms with Crippen LogP contribution in [-0.4, -0.2) is 74.6 Å². The van der Waals surface area contributed by atoms with Crippen LogP contribution in [0.15, 0.2) is 29.2 Å². The summed E-state index contributed by atoms with van der Waals surface area (Å²) in [5.74, 6) is 0.192. The van der Waals surface area contributed by atoms with Gasteiger partial charge in [0.1, 0.15) is 0 Å². The molecule has 0 radical (unpaired) electrons. The molecule has 2 saturated heterocycles. The van der Waals surface area contributed by atoms with Crippen LogP contribution in [0.5, 0.6) is 0 Å². The SMILES string of the molecule is CCCCCNC(=O)C1CCN(C(=S)Nc2ccc(S(=O)(=O)N3CCOCC3)cc2)CC1. The Labute approximate surface area is 196 Å². The number of sulfonamides is 1. The fourth-order valence-corrected chi connectivity index (χ4v) is 5.63. The van der Waals surface area contributed by atoms with E-state index in [2.05, 4.69) is 22.5 Å². The summed E-state index contributed by atoms with van der Waals surface area (Å²) in [6, 6.07) is 6.67. The van der Waals surface area contributed by atoms with Crippen molar-refractivity contribution in [3.8, 4) is 0 Å². The van der Waals surface area contributed by atoms with Gasteiger partial charge in [-0.15, -0.1) is 0 Å². The average molecular weight is 483 g/mol. The van der Waals surface area contributed by atoms with E-state index < -0.39 is 10.0 Å². The Balaban J connectivity index is 1.46. The Kier molecular flexibility index (Phi) is 9.27. The maximum atomic E-state index is 12.7. The van der Waals surface area contributed by atoms with Gasteiger partial charge in [-0.2, -0.15) is 4.31 Å². The first kappa shape index (κ1) is 24.9. The number of carbonyl (C=O) groups excluding carboxylic acids is 1. The summed E-state index contributed by atoms with van der Waals surface area (Å²) in [5, 5.41) is 6.83. The van der Waals surface area contributed by atoms with Gasteiger partial charge in [0.2, 0.25) is 15.9 Å². The van der Waals surface area contributed by atoms with Crippen LogP contribution >= 0.6 is 12.2 Å². The van der Waals surface area contributed by atoms with Crippen LogP contribution in [0.2, 0.25) is 0 Å². The number of anilines is 1. The molecule has 2 N–H and O–H groups in total. The maximum absolute atomic E-state index is 12.7. The zero-order valence-electron chi connectivity index (χ0n) is 18.7. The highest BCUT2D eigenvalue weighted by Gasteiger charge is 2.27. The lowest BCUT2D eigenvalue weighted by atomic mass is 9.96. The molecule has 2 heterocycles. The number of thiocarbonyl (C=S) groups is 1. The first-order chi connectivity index (χ1) is 15.4. The standard InChI is InChI=1S/C22H34N4O4S2/c1-2-3-4-11-23-21(27)18-9-12-25(13-10-18)22(31)24-19-5-7-20(8-6-19)32(28,29)26-14-16-30-17-15-26/h5-8,18H,2-4,9-17H2,1H3,(H,23,27)(H,24,31). The van der Waals surface area contributed by atoms with Crippen molar-refractivity contribution < 1.29 is 17.9 Å².